The van der Waals surface area contributed by atoms with Crippen molar-refractivity contribution in [2.75, 3.05) is 24.6 Å². The molecular formula is C21H19N5O4S. The number of fused-ring (bicyclic) bond motifs is 1. The lowest BCUT2D eigenvalue weighted by molar-refractivity contribution is 0.0772. The molecule has 5 heterocycles. The maximum absolute atomic E-state index is 13.4. The molecule has 0 bridgehead atoms. The number of carbonyl (C=O) groups is 1. The van der Waals surface area contributed by atoms with Crippen molar-refractivity contribution in [3.05, 3.63) is 66.5 Å². The number of furan rings is 1. The Labute approximate surface area is 178 Å². The SMILES string of the molecule is O=C(c1cc(-c2cccnc2)nc2c1cnn2Cc1ccco1)N1CCS(=O)(=O)CC1. The maximum atomic E-state index is 13.4. The molecule has 9 nitrogen and oxygen atoms in total. The highest BCUT2D eigenvalue weighted by Crippen LogP contribution is 2.26. The summed E-state index contributed by atoms with van der Waals surface area (Å²) in [6.07, 6.45) is 6.56. The van der Waals surface area contributed by atoms with Gasteiger partial charge in [0, 0.05) is 31.0 Å². The molecule has 0 radical (unpaired) electrons. The average Bonchev–Trinajstić information content (AvgIpc) is 3.44. The first-order valence-electron chi connectivity index (χ1n) is 9.79. The van der Waals surface area contributed by atoms with Gasteiger partial charge >= 0.3 is 0 Å². The fourth-order valence-electron chi connectivity index (χ4n) is 3.64. The second-order valence-corrected chi connectivity index (χ2v) is 9.66. The Bertz CT molecular complexity index is 1330. The lowest BCUT2D eigenvalue weighted by Gasteiger charge is -2.27. The summed E-state index contributed by atoms with van der Waals surface area (Å²) in [5, 5.41) is 5.04. The van der Waals surface area contributed by atoms with E-state index in [1.54, 1.807) is 52.6 Å². The molecule has 5 rings (SSSR count). The third kappa shape index (κ3) is 3.81. The van der Waals surface area contributed by atoms with Gasteiger partial charge in [0.05, 0.1) is 40.6 Å². The predicted octanol–water partition coefficient (Wildman–Crippen LogP) is 2.01. The smallest absolute Gasteiger partial charge is 0.254 e. The molecule has 1 aliphatic heterocycles. The molecule has 1 saturated heterocycles. The molecular weight excluding hydrogens is 418 g/mol. The van der Waals surface area contributed by atoms with Crippen molar-refractivity contribution in [3.8, 4) is 11.3 Å². The summed E-state index contributed by atoms with van der Waals surface area (Å²) in [7, 11) is -3.09. The summed E-state index contributed by atoms with van der Waals surface area (Å²) in [6.45, 7) is 0.719. The highest BCUT2D eigenvalue weighted by atomic mass is 32.2. The van der Waals surface area contributed by atoms with Crippen LogP contribution in [0.5, 0.6) is 0 Å². The van der Waals surface area contributed by atoms with Crippen molar-refractivity contribution in [2.45, 2.75) is 6.54 Å². The Morgan fingerprint density at radius 3 is 2.68 bits per heavy atom. The van der Waals surface area contributed by atoms with E-state index in [0.29, 0.717) is 34.6 Å². The fraction of sp³-hybridized carbons (Fsp3) is 0.238. The molecule has 158 valence electrons. The van der Waals surface area contributed by atoms with E-state index < -0.39 is 9.84 Å². The van der Waals surface area contributed by atoms with Gasteiger partial charge in [-0.1, -0.05) is 0 Å². The fourth-order valence-corrected chi connectivity index (χ4v) is 4.84. The van der Waals surface area contributed by atoms with Crippen LogP contribution in [0, 0.1) is 0 Å². The predicted molar refractivity (Wildman–Crippen MR) is 113 cm³/mol. The first kappa shape index (κ1) is 19.4. The zero-order chi connectivity index (χ0) is 21.4. The second kappa shape index (κ2) is 7.62. The van der Waals surface area contributed by atoms with Gasteiger partial charge in [-0.2, -0.15) is 5.10 Å². The van der Waals surface area contributed by atoms with E-state index in [9.17, 15) is 13.2 Å². The largest absolute Gasteiger partial charge is 0.467 e. The van der Waals surface area contributed by atoms with Crippen LogP contribution in [0.25, 0.3) is 22.3 Å². The monoisotopic (exact) mass is 437 g/mol. The van der Waals surface area contributed by atoms with Crippen LogP contribution in [-0.2, 0) is 16.4 Å². The van der Waals surface area contributed by atoms with E-state index in [1.165, 1.54) is 0 Å². The van der Waals surface area contributed by atoms with Crippen LogP contribution >= 0.6 is 0 Å². The molecule has 0 unspecified atom stereocenters. The van der Waals surface area contributed by atoms with Crippen LogP contribution in [0.1, 0.15) is 16.1 Å². The summed E-state index contributed by atoms with van der Waals surface area (Å²) < 4.78 is 30.7. The number of amides is 1. The Balaban J connectivity index is 1.61. The topological polar surface area (TPSA) is 111 Å². The van der Waals surface area contributed by atoms with E-state index in [4.69, 9.17) is 9.40 Å². The van der Waals surface area contributed by atoms with Gasteiger partial charge in [-0.05, 0) is 30.3 Å². The zero-order valence-corrected chi connectivity index (χ0v) is 17.3. The molecule has 4 aromatic rings. The van der Waals surface area contributed by atoms with Gasteiger partial charge in [0.2, 0.25) is 0 Å². The first-order valence-corrected chi connectivity index (χ1v) is 11.6. The van der Waals surface area contributed by atoms with E-state index in [1.807, 2.05) is 12.1 Å². The number of pyridine rings is 2. The van der Waals surface area contributed by atoms with Crippen molar-refractivity contribution < 1.29 is 17.6 Å². The van der Waals surface area contributed by atoms with Gasteiger partial charge in [-0.15, -0.1) is 0 Å². The molecule has 4 aromatic heterocycles. The third-order valence-electron chi connectivity index (χ3n) is 5.31. The Morgan fingerprint density at radius 2 is 1.97 bits per heavy atom. The van der Waals surface area contributed by atoms with Crippen LogP contribution in [0.15, 0.2) is 59.6 Å². The number of nitrogens with zero attached hydrogens (tertiary/aromatic N) is 5. The van der Waals surface area contributed by atoms with Crippen LogP contribution < -0.4 is 0 Å². The van der Waals surface area contributed by atoms with Gasteiger partial charge in [0.15, 0.2) is 15.5 Å². The third-order valence-corrected chi connectivity index (χ3v) is 6.92. The van der Waals surface area contributed by atoms with Gasteiger partial charge in [-0.25, -0.2) is 18.1 Å². The second-order valence-electron chi connectivity index (χ2n) is 7.36. The summed E-state index contributed by atoms with van der Waals surface area (Å²) in [5.41, 5.74) is 2.35. The maximum Gasteiger partial charge on any atom is 0.254 e. The van der Waals surface area contributed by atoms with Gasteiger partial charge < -0.3 is 9.32 Å². The summed E-state index contributed by atoms with van der Waals surface area (Å²) in [5.74, 6) is 0.429. The minimum absolute atomic E-state index is 0.0276. The van der Waals surface area contributed by atoms with Crippen molar-refractivity contribution in [3.63, 3.8) is 0 Å². The lowest BCUT2D eigenvalue weighted by Crippen LogP contribution is -2.43. The molecule has 0 saturated carbocycles. The zero-order valence-electron chi connectivity index (χ0n) is 16.5. The standard InChI is InChI=1S/C21H19N5O4S/c27-21(25-6-9-31(28,29)10-7-25)17-11-19(15-3-1-5-22-12-15)24-20-18(17)13-23-26(20)14-16-4-2-8-30-16/h1-5,8,11-13H,6-7,9-10,14H2. The van der Waals surface area contributed by atoms with E-state index in [0.717, 1.165) is 5.56 Å². The molecule has 10 heteroatoms. The van der Waals surface area contributed by atoms with Crippen LogP contribution in [-0.4, -0.2) is 63.6 Å². The summed E-state index contributed by atoms with van der Waals surface area (Å²) >= 11 is 0. The lowest BCUT2D eigenvalue weighted by atomic mass is 10.1. The van der Waals surface area contributed by atoms with Crippen molar-refractivity contribution >= 4 is 26.8 Å². The Morgan fingerprint density at radius 1 is 1.13 bits per heavy atom. The molecule has 1 aliphatic rings. The van der Waals surface area contributed by atoms with Crippen LogP contribution in [0.4, 0.5) is 0 Å². The number of hydrogen-bond donors (Lipinski definition) is 0. The van der Waals surface area contributed by atoms with E-state index in [2.05, 4.69) is 10.1 Å². The van der Waals surface area contributed by atoms with Gasteiger partial charge in [0.1, 0.15) is 12.3 Å². The number of aromatic nitrogens is 4. The average molecular weight is 437 g/mol. The molecule has 31 heavy (non-hydrogen) atoms. The van der Waals surface area contributed by atoms with Crippen molar-refractivity contribution in [2.24, 2.45) is 0 Å². The molecule has 0 atom stereocenters. The minimum atomic E-state index is -3.09. The quantitative estimate of drug-likeness (QED) is 0.480. The number of rotatable bonds is 4. The van der Waals surface area contributed by atoms with Crippen LogP contribution in [0.3, 0.4) is 0 Å². The summed E-state index contributed by atoms with van der Waals surface area (Å²) in [6, 6.07) is 9.05. The number of sulfone groups is 1. The molecule has 0 aliphatic carbocycles. The molecule has 1 fully saturated rings. The summed E-state index contributed by atoms with van der Waals surface area (Å²) in [4.78, 5) is 23.8. The van der Waals surface area contributed by atoms with Crippen LogP contribution in [0.2, 0.25) is 0 Å². The first-order chi connectivity index (χ1) is 15.0. The van der Waals surface area contributed by atoms with E-state index in [-0.39, 0.29) is 30.5 Å². The van der Waals surface area contributed by atoms with Crippen molar-refractivity contribution in [1.82, 2.24) is 24.6 Å². The van der Waals surface area contributed by atoms with Crippen molar-refractivity contribution in [1.29, 1.82) is 0 Å². The highest BCUT2D eigenvalue weighted by molar-refractivity contribution is 7.91. The normalized spacial score (nSPS) is 15.9. The number of carbonyl (C=O) groups excluding carboxylic acids is 1. The minimum Gasteiger partial charge on any atom is -0.467 e. The van der Waals surface area contributed by atoms with E-state index >= 15 is 0 Å². The van der Waals surface area contributed by atoms with Gasteiger partial charge in [0.25, 0.3) is 5.91 Å². The number of hydrogen-bond acceptors (Lipinski definition) is 7. The molecule has 0 N–H and O–H groups in total. The Hall–Kier alpha value is -3.53. The van der Waals surface area contributed by atoms with Gasteiger partial charge in [-0.3, -0.25) is 9.78 Å². The molecule has 1 amide bonds. The molecule has 0 spiro atoms. The highest BCUT2D eigenvalue weighted by Gasteiger charge is 2.28. The Kier molecular flexibility index (Phi) is 4.78. The molecule has 0 aromatic carbocycles.